The van der Waals surface area contributed by atoms with Crippen LogP contribution in [0.4, 0.5) is 5.82 Å². The molecule has 3 heteroatoms. The minimum Gasteiger partial charge on any atom is -0.367 e. The minimum absolute atomic E-state index is 0.614. The summed E-state index contributed by atoms with van der Waals surface area (Å²) >= 11 is 0. The molecule has 3 nitrogen and oxygen atoms in total. The first kappa shape index (κ1) is 11.4. The van der Waals surface area contributed by atoms with E-state index in [1.807, 2.05) is 6.07 Å². The van der Waals surface area contributed by atoms with Gasteiger partial charge in [0.1, 0.15) is 12.1 Å². The Bertz CT molecular complexity index is 291. The van der Waals surface area contributed by atoms with E-state index in [-0.39, 0.29) is 0 Å². The highest BCUT2D eigenvalue weighted by Crippen LogP contribution is 2.28. The van der Waals surface area contributed by atoms with Gasteiger partial charge < -0.3 is 5.32 Å². The lowest BCUT2D eigenvalue weighted by Gasteiger charge is -2.29. The minimum atomic E-state index is 0.614. The first-order valence-corrected chi connectivity index (χ1v) is 6.41. The van der Waals surface area contributed by atoms with Gasteiger partial charge in [-0.05, 0) is 37.7 Å². The molecule has 1 aromatic heterocycles. The van der Waals surface area contributed by atoms with E-state index >= 15 is 0 Å². The van der Waals surface area contributed by atoms with Gasteiger partial charge in [-0.1, -0.05) is 19.8 Å². The van der Waals surface area contributed by atoms with Crippen LogP contribution in [-0.2, 0) is 0 Å². The summed E-state index contributed by atoms with van der Waals surface area (Å²) in [5, 5.41) is 3.49. The van der Waals surface area contributed by atoms with Crippen LogP contribution in [0.15, 0.2) is 18.6 Å². The Kier molecular flexibility index (Phi) is 4.14. The predicted octanol–water partition coefficient (Wildman–Crippen LogP) is 3.25. The molecule has 0 spiro atoms. The van der Waals surface area contributed by atoms with E-state index in [1.165, 1.54) is 38.5 Å². The third-order valence-electron chi connectivity index (χ3n) is 3.48. The van der Waals surface area contributed by atoms with E-state index in [9.17, 15) is 0 Å². The second kappa shape index (κ2) is 5.83. The first-order valence-electron chi connectivity index (χ1n) is 6.41. The fraction of sp³-hybridized carbons (Fsp3) is 0.692. The van der Waals surface area contributed by atoms with Gasteiger partial charge in [0, 0.05) is 12.2 Å². The molecule has 2 rings (SSSR count). The van der Waals surface area contributed by atoms with Crippen LogP contribution in [0.25, 0.3) is 0 Å². The number of nitrogens with one attached hydrogen (secondary N) is 1. The Balaban J connectivity index is 1.77. The second-order valence-corrected chi connectivity index (χ2v) is 4.75. The maximum atomic E-state index is 4.21. The third-order valence-corrected chi connectivity index (χ3v) is 3.48. The molecule has 1 fully saturated rings. The molecule has 0 bridgehead atoms. The number of aromatic nitrogens is 2. The molecule has 0 saturated heterocycles. The van der Waals surface area contributed by atoms with Gasteiger partial charge in [0.15, 0.2) is 0 Å². The Labute approximate surface area is 97.7 Å². The summed E-state index contributed by atoms with van der Waals surface area (Å²) in [5.74, 6) is 1.93. The number of nitrogens with zero attached hydrogens (tertiary/aromatic N) is 2. The summed E-state index contributed by atoms with van der Waals surface area (Å²) in [6.07, 6.45) is 11.4. The van der Waals surface area contributed by atoms with Gasteiger partial charge in [0.05, 0.1) is 0 Å². The second-order valence-electron chi connectivity index (χ2n) is 4.75. The van der Waals surface area contributed by atoms with Crippen LogP contribution in [0, 0.1) is 5.92 Å². The van der Waals surface area contributed by atoms with Crippen LogP contribution in [-0.4, -0.2) is 16.0 Å². The summed E-state index contributed by atoms with van der Waals surface area (Å²) in [6, 6.07) is 2.56. The van der Waals surface area contributed by atoms with Crippen molar-refractivity contribution in [3.63, 3.8) is 0 Å². The van der Waals surface area contributed by atoms with Gasteiger partial charge >= 0.3 is 0 Å². The monoisotopic (exact) mass is 219 g/mol. The molecule has 1 heterocycles. The van der Waals surface area contributed by atoms with E-state index in [0.29, 0.717) is 6.04 Å². The van der Waals surface area contributed by atoms with Crippen molar-refractivity contribution in [3.05, 3.63) is 18.6 Å². The smallest absolute Gasteiger partial charge is 0.129 e. The van der Waals surface area contributed by atoms with Crippen molar-refractivity contribution in [1.82, 2.24) is 9.97 Å². The fourth-order valence-electron chi connectivity index (χ4n) is 2.59. The summed E-state index contributed by atoms with van der Waals surface area (Å²) in [4.78, 5) is 8.13. The van der Waals surface area contributed by atoms with Gasteiger partial charge in [-0.25, -0.2) is 9.97 Å². The standard InChI is InChI=1S/C13H21N3/c1-2-3-11-4-6-12(7-5-11)16-13-8-9-14-10-15-13/h8-12H,2-7H2,1H3,(H,14,15,16). The van der Waals surface area contributed by atoms with E-state index in [0.717, 1.165) is 11.7 Å². The molecule has 0 aromatic carbocycles. The lowest BCUT2D eigenvalue weighted by Crippen LogP contribution is -2.26. The van der Waals surface area contributed by atoms with Crippen LogP contribution in [0.1, 0.15) is 45.4 Å². The van der Waals surface area contributed by atoms with Gasteiger partial charge in [-0.3, -0.25) is 0 Å². The number of rotatable bonds is 4. The van der Waals surface area contributed by atoms with Gasteiger partial charge in [0.25, 0.3) is 0 Å². The molecule has 0 atom stereocenters. The predicted molar refractivity (Wildman–Crippen MR) is 66.3 cm³/mol. The zero-order valence-electron chi connectivity index (χ0n) is 10.0. The van der Waals surface area contributed by atoms with E-state index < -0.39 is 0 Å². The number of hydrogen-bond donors (Lipinski definition) is 1. The Hall–Kier alpha value is -1.12. The quantitative estimate of drug-likeness (QED) is 0.844. The molecular weight excluding hydrogens is 198 g/mol. The maximum absolute atomic E-state index is 4.21. The Morgan fingerprint density at radius 1 is 1.31 bits per heavy atom. The van der Waals surface area contributed by atoms with E-state index in [1.54, 1.807) is 12.5 Å². The average molecular weight is 219 g/mol. The molecule has 88 valence electrons. The van der Waals surface area contributed by atoms with Crippen molar-refractivity contribution in [2.45, 2.75) is 51.5 Å². The third kappa shape index (κ3) is 3.19. The average Bonchev–Trinajstić information content (AvgIpc) is 2.33. The topological polar surface area (TPSA) is 37.8 Å². The highest BCUT2D eigenvalue weighted by Gasteiger charge is 2.20. The van der Waals surface area contributed by atoms with Crippen molar-refractivity contribution in [1.29, 1.82) is 0 Å². The van der Waals surface area contributed by atoms with Crippen molar-refractivity contribution in [2.75, 3.05) is 5.32 Å². The van der Waals surface area contributed by atoms with Gasteiger partial charge in [0.2, 0.25) is 0 Å². The zero-order valence-corrected chi connectivity index (χ0v) is 10.0. The first-order chi connectivity index (χ1) is 7.88. The molecule has 1 N–H and O–H groups in total. The van der Waals surface area contributed by atoms with Crippen LogP contribution in [0.3, 0.4) is 0 Å². The summed E-state index contributed by atoms with van der Waals surface area (Å²) in [5.41, 5.74) is 0. The van der Waals surface area contributed by atoms with Crippen molar-refractivity contribution in [2.24, 2.45) is 5.92 Å². The molecule has 0 radical (unpaired) electrons. The lowest BCUT2D eigenvalue weighted by atomic mass is 9.83. The van der Waals surface area contributed by atoms with Gasteiger partial charge in [-0.2, -0.15) is 0 Å². The lowest BCUT2D eigenvalue weighted by molar-refractivity contribution is 0.318. The molecule has 0 unspecified atom stereocenters. The molecule has 1 aliphatic rings. The largest absolute Gasteiger partial charge is 0.367 e. The van der Waals surface area contributed by atoms with Crippen LogP contribution in [0.5, 0.6) is 0 Å². The fourth-order valence-corrected chi connectivity index (χ4v) is 2.59. The highest BCUT2D eigenvalue weighted by molar-refractivity contribution is 5.32. The summed E-state index contributed by atoms with van der Waals surface area (Å²) < 4.78 is 0. The van der Waals surface area contributed by atoms with Gasteiger partial charge in [-0.15, -0.1) is 0 Å². The van der Waals surface area contributed by atoms with Crippen LogP contribution in [0.2, 0.25) is 0 Å². The summed E-state index contributed by atoms with van der Waals surface area (Å²) in [6.45, 7) is 2.28. The van der Waals surface area contributed by atoms with Crippen molar-refractivity contribution >= 4 is 5.82 Å². The molecule has 1 aliphatic carbocycles. The van der Waals surface area contributed by atoms with Crippen molar-refractivity contribution < 1.29 is 0 Å². The zero-order chi connectivity index (χ0) is 11.2. The van der Waals surface area contributed by atoms with Crippen molar-refractivity contribution in [3.8, 4) is 0 Å². The number of hydrogen-bond acceptors (Lipinski definition) is 3. The molecule has 16 heavy (non-hydrogen) atoms. The maximum Gasteiger partial charge on any atom is 0.129 e. The highest BCUT2D eigenvalue weighted by atomic mass is 15.0. The van der Waals surface area contributed by atoms with E-state index in [2.05, 4.69) is 22.2 Å². The molecule has 0 aliphatic heterocycles. The number of anilines is 1. The van der Waals surface area contributed by atoms with Crippen LogP contribution >= 0.6 is 0 Å². The SMILES string of the molecule is CCCC1CCC(Nc2ccncn2)CC1. The molecule has 1 aromatic rings. The van der Waals surface area contributed by atoms with E-state index in [4.69, 9.17) is 0 Å². The van der Waals surface area contributed by atoms with Crippen LogP contribution < -0.4 is 5.32 Å². The summed E-state index contributed by atoms with van der Waals surface area (Å²) in [7, 11) is 0. The Morgan fingerprint density at radius 3 is 2.75 bits per heavy atom. The molecule has 1 saturated carbocycles. The molecule has 0 amide bonds. The molecular formula is C13H21N3. The Morgan fingerprint density at radius 2 is 2.12 bits per heavy atom. The normalized spacial score (nSPS) is 25.3.